The SMILES string of the molecule is CCCCCCC(c1ccc(N(CC)CC)cc1)c1ccc(N(CC)CC)cc1. The number of rotatable bonds is 13. The summed E-state index contributed by atoms with van der Waals surface area (Å²) in [4.78, 5) is 4.83. The summed E-state index contributed by atoms with van der Waals surface area (Å²) in [6.07, 6.45) is 6.50. The molecule has 0 amide bonds. The third-order valence-corrected chi connectivity index (χ3v) is 6.19. The molecule has 0 aliphatic rings. The quantitative estimate of drug-likeness (QED) is 0.325. The average Bonchev–Trinajstić information content (AvgIpc) is 2.77. The Balaban J connectivity index is 2.24. The zero-order valence-corrected chi connectivity index (χ0v) is 19.5. The topological polar surface area (TPSA) is 6.48 Å². The van der Waals surface area contributed by atoms with E-state index in [-0.39, 0.29) is 0 Å². The van der Waals surface area contributed by atoms with Crippen LogP contribution in [0.15, 0.2) is 48.5 Å². The third kappa shape index (κ3) is 6.52. The Hall–Kier alpha value is -1.96. The van der Waals surface area contributed by atoms with Gasteiger partial charge in [-0.3, -0.25) is 0 Å². The van der Waals surface area contributed by atoms with E-state index in [2.05, 4.69) is 92.9 Å². The molecule has 0 heterocycles. The number of nitrogens with zero attached hydrogens (tertiary/aromatic N) is 2. The Kier molecular flexibility index (Phi) is 10.1. The maximum atomic E-state index is 2.42. The lowest BCUT2D eigenvalue weighted by atomic mass is 9.86. The van der Waals surface area contributed by atoms with Crippen molar-refractivity contribution < 1.29 is 0 Å². The van der Waals surface area contributed by atoms with Gasteiger partial charge in [0.15, 0.2) is 0 Å². The first kappa shape index (κ1) is 23.3. The summed E-state index contributed by atoms with van der Waals surface area (Å²) in [6, 6.07) is 18.7. The van der Waals surface area contributed by atoms with Crippen molar-refractivity contribution in [2.45, 2.75) is 72.6 Å². The average molecular weight is 395 g/mol. The summed E-state index contributed by atoms with van der Waals surface area (Å²) in [5.41, 5.74) is 5.57. The summed E-state index contributed by atoms with van der Waals surface area (Å²) in [7, 11) is 0. The smallest absolute Gasteiger partial charge is 0.0366 e. The highest BCUT2D eigenvalue weighted by atomic mass is 15.1. The van der Waals surface area contributed by atoms with Crippen LogP contribution in [0.25, 0.3) is 0 Å². The van der Waals surface area contributed by atoms with Crippen molar-refractivity contribution in [3.8, 4) is 0 Å². The fourth-order valence-electron chi connectivity index (χ4n) is 4.31. The van der Waals surface area contributed by atoms with Crippen molar-refractivity contribution >= 4 is 11.4 Å². The number of benzene rings is 2. The van der Waals surface area contributed by atoms with Gasteiger partial charge >= 0.3 is 0 Å². The molecule has 2 rings (SSSR count). The van der Waals surface area contributed by atoms with Gasteiger partial charge in [-0.25, -0.2) is 0 Å². The van der Waals surface area contributed by atoms with Crippen LogP contribution >= 0.6 is 0 Å². The lowest BCUT2D eigenvalue weighted by Gasteiger charge is -2.24. The second kappa shape index (κ2) is 12.6. The zero-order chi connectivity index (χ0) is 21.1. The van der Waals surface area contributed by atoms with Gasteiger partial charge in [0.1, 0.15) is 0 Å². The summed E-state index contributed by atoms with van der Waals surface area (Å²) in [5.74, 6) is 0.489. The normalized spacial score (nSPS) is 11.1. The predicted molar refractivity (Wildman–Crippen MR) is 131 cm³/mol. The van der Waals surface area contributed by atoms with Crippen LogP contribution < -0.4 is 9.80 Å². The molecule has 0 fully saturated rings. The van der Waals surface area contributed by atoms with Crippen molar-refractivity contribution in [2.24, 2.45) is 0 Å². The van der Waals surface area contributed by atoms with Crippen molar-refractivity contribution in [1.29, 1.82) is 0 Å². The summed E-state index contributed by atoms with van der Waals surface area (Å²) in [5, 5.41) is 0. The molecule has 0 radical (unpaired) electrons. The van der Waals surface area contributed by atoms with Crippen LogP contribution in [-0.2, 0) is 0 Å². The number of hydrogen-bond acceptors (Lipinski definition) is 2. The van der Waals surface area contributed by atoms with E-state index in [9.17, 15) is 0 Å². The van der Waals surface area contributed by atoms with Gasteiger partial charge in [-0.1, -0.05) is 56.9 Å². The van der Waals surface area contributed by atoms with Crippen molar-refractivity contribution in [3.05, 3.63) is 59.7 Å². The van der Waals surface area contributed by atoms with Gasteiger partial charge in [0, 0.05) is 43.5 Å². The largest absolute Gasteiger partial charge is 0.372 e. The minimum absolute atomic E-state index is 0.489. The highest BCUT2D eigenvalue weighted by molar-refractivity contribution is 5.51. The molecule has 2 heteroatoms. The molecule has 0 spiro atoms. The second-order valence-corrected chi connectivity index (χ2v) is 7.93. The minimum atomic E-state index is 0.489. The van der Waals surface area contributed by atoms with Crippen LogP contribution in [0.2, 0.25) is 0 Å². The molecular weight excluding hydrogens is 352 g/mol. The van der Waals surface area contributed by atoms with Gasteiger partial charge in [-0.2, -0.15) is 0 Å². The van der Waals surface area contributed by atoms with Gasteiger partial charge in [0.05, 0.1) is 0 Å². The Morgan fingerprint density at radius 1 is 0.552 bits per heavy atom. The lowest BCUT2D eigenvalue weighted by Crippen LogP contribution is -2.21. The molecule has 0 N–H and O–H groups in total. The molecule has 0 saturated carbocycles. The van der Waals surface area contributed by atoms with E-state index in [1.807, 2.05) is 0 Å². The Morgan fingerprint density at radius 2 is 0.966 bits per heavy atom. The molecule has 0 aliphatic heterocycles. The minimum Gasteiger partial charge on any atom is -0.372 e. The van der Waals surface area contributed by atoms with E-state index < -0.39 is 0 Å². The summed E-state index contributed by atoms with van der Waals surface area (Å²) >= 11 is 0. The van der Waals surface area contributed by atoms with Crippen LogP contribution in [0.4, 0.5) is 11.4 Å². The number of hydrogen-bond donors (Lipinski definition) is 0. The van der Waals surface area contributed by atoms with E-state index in [4.69, 9.17) is 0 Å². The molecule has 0 aliphatic carbocycles. The number of unbranched alkanes of at least 4 members (excludes halogenated alkanes) is 3. The first-order valence-corrected chi connectivity index (χ1v) is 11.9. The second-order valence-electron chi connectivity index (χ2n) is 7.93. The van der Waals surface area contributed by atoms with Crippen LogP contribution in [0.5, 0.6) is 0 Å². The first-order valence-electron chi connectivity index (χ1n) is 11.9. The van der Waals surface area contributed by atoms with Crippen LogP contribution in [0.1, 0.15) is 83.8 Å². The van der Waals surface area contributed by atoms with E-state index in [0.717, 1.165) is 26.2 Å². The van der Waals surface area contributed by atoms with Gasteiger partial charge < -0.3 is 9.80 Å². The zero-order valence-electron chi connectivity index (χ0n) is 19.5. The molecule has 29 heavy (non-hydrogen) atoms. The van der Waals surface area contributed by atoms with Crippen molar-refractivity contribution in [3.63, 3.8) is 0 Å². The van der Waals surface area contributed by atoms with Gasteiger partial charge in [-0.05, 0) is 69.5 Å². The lowest BCUT2D eigenvalue weighted by molar-refractivity contribution is 0.596. The molecule has 0 saturated heterocycles. The van der Waals surface area contributed by atoms with Crippen LogP contribution in [0, 0.1) is 0 Å². The Morgan fingerprint density at radius 3 is 1.31 bits per heavy atom. The molecule has 2 aromatic carbocycles. The number of anilines is 2. The maximum absolute atomic E-state index is 2.42. The molecule has 2 nitrogen and oxygen atoms in total. The standard InChI is InChI=1S/C27H42N2/c1-6-11-12-13-14-27(23-15-19-25(20-16-23)28(7-2)8-3)24-17-21-26(22-18-24)29(9-4)10-5/h15-22,27H,6-14H2,1-5H3. The van der Waals surface area contributed by atoms with E-state index >= 15 is 0 Å². The molecule has 0 unspecified atom stereocenters. The fourth-order valence-corrected chi connectivity index (χ4v) is 4.31. The monoisotopic (exact) mass is 394 g/mol. The third-order valence-electron chi connectivity index (χ3n) is 6.19. The van der Waals surface area contributed by atoms with Gasteiger partial charge in [-0.15, -0.1) is 0 Å². The fraction of sp³-hybridized carbons (Fsp3) is 0.556. The molecule has 0 aromatic heterocycles. The molecular formula is C27H42N2. The van der Waals surface area contributed by atoms with Crippen LogP contribution in [0.3, 0.4) is 0 Å². The predicted octanol–water partition coefficient (Wildman–Crippen LogP) is 7.48. The summed E-state index contributed by atoms with van der Waals surface area (Å²) < 4.78 is 0. The molecule has 2 aromatic rings. The Labute approximate surface area is 179 Å². The van der Waals surface area contributed by atoms with Gasteiger partial charge in [0.25, 0.3) is 0 Å². The van der Waals surface area contributed by atoms with Crippen molar-refractivity contribution in [2.75, 3.05) is 36.0 Å². The first-order chi connectivity index (χ1) is 14.2. The highest BCUT2D eigenvalue weighted by Crippen LogP contribution is 2.32. The van der Waals surface area contributed by atoms with E-state index in [1.165, 1.54) is 54.6 Å². The molecule has 0 atom stereocenters. The molecule has 160 valence electrons. The van der Waals surface area contributed by atoms with E-state index in [0.29, 0.717) is 5.92 Å². The van der Waals surface area contributed by atoms with Crippen LogP contribution in [-0.4, -0.2) is 26.2 Å². The molecule has 0 bridgehead atoms. The van der Waals surface area contributed by atoms with E-state index in [1.54, 1.807) is 0 Å². The van der Waals surface area contributed by atoms with Crippen molar-refractivity contribution in [1.82, 2.24) is 0 Å². The Bertz CT molecular complexity index is 611. The van der Waals surface area contributed by atoms with Gasteiger partial charge in [0.2, 0.25) is 0 Å². The maximum Gasteiger partial charge on any atom is 0.0366 e. The highest BCUT2D eigenvalue weighted by Gasteiger charge is 2.15. The summed E-state index contributed by atoms with van der Waals surface area (Å²) in [6.45, 7) is 15.4.